The van der Waals surface area contributed by atoms with Crippen molar-refractivity contribution in [2.75, 3.05) is 18.8 Å². The van der Waals surface area contributed by atoms with E-state index in [9.17, 15) is 8.42 Å². The van der Waals surface area contributed by atoms with Crippen LogP contribution in [0.2, 0.25) is 0 Å². The first-order valence-electron chi connectivity index (χ1n) is 8.22. The number of nitrogens with zero attached hydrogens (tertiary/aromatic N) is 3. The van der Waals surface area contributed by atoms with Crippen molar-refractivity contribution in [1.29, 1.82) is 0 Å². The van der Waals surface area contributed by atoms with Crippen LogP contribution >= 0.6 is 11.3 Å². The Hall–Kier alpha value is -0.530. The van der Waals surface area contributed by atoms with Crippen LogP contribution in [0.5, 0.6) is 0 Å². The summed E-state index contributed by atoms with van der Waals surface area (Å²) in [7, 11) is -3.11. The van der Waals surface area contributed by atoms with Gasteiger partial charge in [-0.3, -0.25) is 0 Å². The van der Waals surface area contributed by atoms with Gasteiger partial charge in [-0.1, -0.05) is 27.2 Å². The summed E-state index contributed by atoms with van der Waals surface area (Å²) < 4.78 is 26.4. The molecule has 1 aliphatic heterocycles. The highest BCUT2D eigenvalue weighted by Crippen LogP contribution is 2.31. The average Bonchev–Trinajstić information content (AvgIpc) is 2.93. The van der Waals surface area contributed by atoms with Crippen molar-refractivity contribution >= 4 is 21.4 Å². The van der Waals surface area contributed by atoms with Crippen LogP contribution in [-0.4, -0.2) is 41.8 Å². The maximum atomic E-state index is 12.4. The van der Waals surface area contributed by atoms with Crippen LogP contribution in [0.3, 0.4) is 0 Å². The quantitative estimate of drug-likeness (QED) is 0.762. The van der Waals surface area contributed by atoms with Gasteiger partial charge in [0.2, 0.25) is 10.0 Å². The number of sulfonamides is 1. The summed E-state index contributed by atoms with van der Waals surface area (Å²) in [5.74, 6) is 1.05. The van der Waals surface area contributed by atoms with Gasteiger partial charge < -0.3 is 0 Å². The molecule has 0 aliphatic carbocycles. The molecule has 1 unspecified atom stereocenters. The van der Waals surface area contributed by atoms with Crippen molar-refractivity contribution in [1.82, 2.24) is 14.5 Å². The van der Waals surface area contributed by atoms with Gasteiger partial charge in [-0.25, -0.2) is 12.7 Å². The van der Waals surface area contributed by atoms with Gasteiger partial charge in [0.05, 0.1) is 5.75 Å². The molecule has 1 aliphatic rings. The Balaban J connectivity index is 2.02. The molecule has 0 amide bonds. The summed E-state index contributed by atoms with van der Waals surface area (Å²) >= 11 is 1.65. The monoisotopic (exact) mass is 345 g/mol. The summed E-state index contributed by atoms with van der Waals surface area (Å²) in [6.07, 6.45) is 4.51. The predicted molar refractivity (Wildman–Crippen MR) is 90.7 cm³/mol. The molecule has 0 bridgehead atoms. The molecular weight excluding hydrogens is 318 g/mol. The normalized spacial score (nSPS) is 20.6. The van der Waals surface area contributed by atoms with Crippen molar-refractivity contribution < 1.29 is 8.42 Å². The van der Waals surface area contributed by atoms with E-state index in [1.807, 2.05) is 6.92 Å². The lowest BCUT2D eigenvalue weighted by atomic mass is 10.0. The van der Waals surface area contributed by atoms with Gasteiger partial charge >= 0.3 is 0 Å². The van der Waals surface area contributed by atoms with E-state index < -0.39 is 10.0 Å². The van der Waals surface area contributed by atoms with Crippen LogP contribution in [0.4, 0.5) is 0 Å². The predicted octanol–water partition coefficient (Wildman–Crippen LogP) is 3.05. The number of rotatable bonds is 7. The van der Waals surface area contributed by atoms with Crippen molar-refractivity contribution in [2.24, 2.45) is 5.92 Å². The fraction of sp³-hybridized carbons (Fsp3) is 0.867. The van der Waals surface area contributed by atoms with Crippen molar-refractivity contribution in [3.63, 3.8) is 0 Å². The summed E-state index contributed by atoms with van der Waals surface area (Å²) in [4.78, 5) is 0. The standard InChI is InChI=1S/C15H27N3O2S2/c1-4-5-9-22(19,20)18-8-6-7-13(11-18)15-17-16-14(21-15)10-12(2)3/h12-13H,4-11H2,1-3H3. The molecule has 2 rings (SSSR count). The molecule has 1 atom stereocenters. The van der Waals surface area contributed by atoms with Crippen LogP contribution in [0.1, 0.15) is 62.4 Å². The Morgan fingerprint density at radius 1 is 1.36 bits per heavy atom. The lowest BCUT2D eigenvalue weighted by molar-refractivity contribution is 0.314. The highest BCUT2D eigenvalue weighted by atomic mass is 32.2. The average molecular weight is 346 g/mol. The van der Waals surface area contributed by atoms with Gasteiger partial charge in [0.15, 0.2) is 0 Å². The zero-order valence-corrected chi connectivity index (χ0v) is 15.4. The second kappa shape index (κ2) is 7.84. The van der Waals surface area contributed by atoms with E-state index in [-0.39, 0.29) is 11.7 Å². The summed E-state index contributed by atoms with van der Waals surface area (Å²) in [6.45, 7) is 7.59. The summed E-state index contributed by atoms with van der Waals surface area (Å²) in [6, 6.07) is 0. The van der Waals surface area contributed by atoms with Crippen molar-refractivity contribution in [3.05, 3.63) is 10.0 Å². The minimum Gasteiger partial charge on any atom is -0.212 e. The molecule has 0 spiro atoms. The Morgan fingerprint density at radius 3 is 2.82 bits per heavy atom. The molecule has 0 radical (unpaired) electrons. The third kappa shape index (κ3) is 4.73. The van der Waals surface area contributed by atoms with Gasteiger partial charge in [-0.15, -0.1) is 21.5 Å². The SMILES string of the molecule is CCCCS(=O)(=O)N1CCCC(c2nnc(CC(C)C)s2)C1. The van der Waals surface area contributed by atoms with E-state index in [0.29, 0.717) is 19.0 Å². The largest absolute Gasteiger partial charge is 0.214 e. The Labute approximate surface area is 138 Å². The van der Waals surface area contributed by atoms with E-state index in [2.05, 4.69) is 24.0 Å². The number of piperidine rings is 1. The smallest absolute Gasteiger partial charge is 0.212 e. The molecule has 1 fully saturated rings. The zero-order valence-electron chi connectivity index (χ0n) is 13.8. The van der Waals surface area contributed by atoms with E-state index >= 15 is 0 Å². The lowest BCUT2D eigenvalue weighted by Crippen LogP contribution is -2.40. The fourth-order valence-corrected chi connectivity index (χ4v) is 5.62. The molecule has 1 aromatic rings. The van der Waals surface area contributed by atoms with Gasteiger partial charge in [-0.2, -0.15) is 0 Å². The summed E-state index contributed by atoms with van der Waals surface area (Å²) in [5, 5.41) is 10.7. The molecule has 1 saturated heterocycles. The molecule has 0 aromatic carbocycles. The highest BCUT2D eigenvalue weighted by molar-refractivity contribution is 7.89. The van der Waals surface area contributed by atoms with Crippen LogP contribution in [0.15, 0.2) is 0 Å². The Morgan fingerprint density at radius 2 is 2.14 bits per heavy atom. The number of hydrogen-bond donors (Lipinski definition) is 0. The molecule has 2 heterocycles. The van der Waals surface area contributed by atoms with Gasteiger partial charge in [0.1, 0.15) is 10.0 Å². The molecule has 0 N–H and O–H groups in total. The first-order valence-corrected chi connectivity index (χ1v) is 10.6. The van der Waals surface area contributed by atoms with Crippen LogP contribution in [0.25, 0.3) is 0 Å². The van der Waals surface area contributed by atoms with Crippen LogP contribution < -0.4 is 0 Å². The zero-order chi connectivity index (χ0) is 16.2. The minimum absolute atomic E-state index is 0.212. The molecule has 1 aromatic heterocycles. The van der Waals surface area contributed by atoms with E-state index in [1.54, 1.807) is 15.6 Å². The molecule has 22 heavy (non-hydrogen) atoms. The maximum absolute atomic E-state index is 12.4. The lowest BCUT2D eigenvalue weighted by Gasteiger charge is -2.30. The van der Waals surface area contributed by atoms with E-state index in [1.165, 1.54) is 0 Å². The molecule has 0 saturated carbocycles. The Kier molecular flexibility index (Phi) is 6.35. The van der Waals surface area contributed by atoms with E-state index in [0.717, 1.165) is 42.1 Å². The number of hydrogen-bond acceptors (Lipinski definition) is 5. The second-order valence-corrected chi connectivity index (χ2v) is 9.68. The fourth-order valence-electron chi connectivity index (χ4n) is 2.72. The topological polar surface area (TPSA) is 63.2 Å². The first-order chi connectivity index (χ1) is 10.4. The van der Waals surface area contributed by atoms with E-state index in [4.69, 9.17) is 0 Å². The third-order valence-electron chi connectivity index (χ3n) is 3.95. The van der Waals surface area contributed by atoms with Gasteiger partial charge in [0, 0.05) is 25.4 Å². The van der Waals surface area contributed by atoms with Crippen molar-refractivity contribution in [3.8, 4) is 0 Å². The number of unbranched alkanes of at least 4 members (excludes halogenated alkanes) is 1. The summed E-state index contributed by atoms with van der Waals surface area (Å²) in [5.41, 5.74) is 0. The first kappa shape index (κ1) is 17.8. The molecule has 5 nitrogen and oxygen atoms in total. The van der Waals surface area contributed by atoms with Gasteiger partial charge in [-0.05, 0) is 25.2 Å². The third-order valence-corrected chi connectivity index (χ3v) is 6.98. The molecular formula is C15H27N3O2S2. The van der Waals surface area contributed by atoms with Crippen molar-refractivity contribution in [2.45, 2.75) is 58.8 Å². The molecule has 7 heteroatoms. The second-order valence-electron chi connectivity index (χ2n) is 6.50. The Bertz CT molecular complexity index is 569. The number of aromatic nitrogens is 2. The van der Waals surface area contributed by atoms with Crippen LogP contribution in [0, 0.1) is 5.92 Å². The highest BCUT2D eigenvalue weighted by Gasteiger charge is 2.30. The van der Waals surface area contributed by atoms with Crippen LogP contribution in [-0.2, 0) is 16.4 Å². The maximum Gasteiger partial charge on any atom is 0.214 e. The van der Waals surface area contributed by atoms with Gasteiger partial charge in [0.25, 0.3) is 0 Å². The minimum atomic E-state index is -3.11. The molecule has 126 valence electrons.